The Bertz CT molecular complexity index is 355. The van der Waals surface area contributed by atoms with Crippen molar-refractivity contribution >= 4 is 31.9 Å². The molecule has 6 heteroatoms. The first kappa shape index (κ1) is 12.6. The molecule has 1 aliphatic rings. The maximum Gasteiger partial charge on any atom is 0.183 e. The highest BCUT2D eigenvalue weighted by Gasteiger charge is 2.43. The van der Waals surface area contributed by atoms with Crippen LogP contribution < -0.4 is 5.73 Å². The van der Waals surface area contributed by atoms with Gasteiger partial charge in [-0.25, -0.2) is 0 Å². The van der Waals surface area contributed by atoms with Gasteiger partial charge in [-0.05, 0) is 44.3 Å². The van der Waals surface area contributed by atoms with Crippen LogP contribution in [0.5, 0.6) is 0 Å². The molecule has 2 heterocycles. The Morgan fingerprint density at radius 3 is 2.75 bits per heavy atom. The maximum atomic E-state index is 10.3. The minimum absolute atomic E-state index is 0.379. The van der Waals surface area contributed by atoms with Crippen molar-refractivity contribution in [1.82, 2.24) is 0 Å². The minimum Gasteiger partial charge on any atom is -0.450 e. The third-order valence-corrected chi connectivity index (χ3v) is 4.76. The summed E-state index contributed by atoms with van der Waals surface area (Å²) >= 11 is 6.56. The summed E-state index contributed by atoms with van der Waals surface area (Å²) in [6, 6.07) is 1.75. The Hall–Kier alpha value is 0.120. The molecule has 0 radical (unpaired) electrons. The van der Waals surface area contributed by atoms with Crippen LogP contribution in [0.2, 0.25) is 0 Å². The van der Waals surface area contributed by atoms with Crippen LogP contribution in [0, 0.1) is 5.41 Å². The first-order valence-electron chi connectivity index (χ1n) is 5.00. The molecule has 0 amide bonds. The van der Waals surface area contributed by atoms with Gasteiger partial charge in [0.15, 0.2) is 4.67 Å². The molecule has 2 unspecified atom stereocenters. The predicted octanol–water partition coefficient (Wildman–Crippen LogP) is 2.20. The van der Waals surface area contributed by atoms with Crippen molar-refractivity contribution in [2.75, 3.05) is 19.8 Å². The molecule has 1 aliphatic heterocycles. The van der Waals surface area contributed by atoms with Gasteiger partial charge in [0.25, 0.3) is 0 Å². The minimum atomic E-state index is -0.734. The van der Waals surface area contributed by atoms with Crippen molar-refractivity contribution in [3.63, 3.8) is 0 Å². The van der Waals surface area contributed by atoms with E-state index in [-0.39, 0.29) is 0 Å². The molecule has 4 nitrogen and oxygen atoms in total. The van der Waals surface area contributed by atoms with E-state index >= 15 is 0 Å². The van der Waals surface area contributed by atoms with Gasteiger partial charge in [0.05, 0.1) is 11.1 Å². The highest BCUT2D eigenvalue weighted by atomic mass is 79.9. The van der Waals surface area contributed by atoms with Crippen molar-refractivity contribution in [1.29, 1.82) is 0 Å². The quantitative estimate of drug-likeness (QED) is 0.873. The van der Waals surface area contributed by atoms with Crippen LogP contribution in [0.15, 0.2) is 19.6 Å². The molecular formula is C10H13Br2NO3. The highest BCUT2D eigenvalue weighted by Crippen LogP contribution is 2.42. The molecule has 0 aromatic carbocycles. The van der Waals surface area contributed by atoms with E-state index in [1.54, 1.807) is 6.07 Å². The first-order valence-corrected chi connectivity index (χ1v) is 6.58. The fraction of sp³-hybridized carbons (Fsp3) is 0.600. The molecule has 3 N–H and O–H groups in total. The van der Waals surface area contributed by atoms with E-state index < -0.39 is 11.5 Å². The lowest BCUT2D eigenvalue weighted by Crippen LogP contribution is -2.37. The second-order valence-electron chi connectivity index (χ2n) is 4.04. The Morgan fingerprint density at radius 2 is 2.31 bits per heavy atom. The molecule has 1 fully saturated rings. The number of aliphatic hydroxyl groups excluding tert-OH is 1. The van der Waals surface area contributed by atoms with E-state index in [4.69, 9.17) is 14.9 Å². The Kier molecular flexibility index (Phi) is 3.75. The average molecular weight is 355 g/mol. The lowest BCUT2D eigenvalue weighted by molar-refractivity contribution is 0.00426. The number of rotatable bonds is 3. The van der Waals surface area contributed by atoms with E-state index in [1.165, 1.54) is 0 Å². The summed E-state index contributed by atoms with van der Waals surface area (Å²) in [4.78, 5) is 0. The number of furan rings is 1. The number of aliphatic hydroxyl groups is 1. The number of ether oxygens (including phenoxy) is 1. The van der Waals surface area contributed by atoms with Gasteiger partial charge in [-0.2, -0.15) is 0 Å². The first-order chi connectivity index (χ1) is 7.59. The molecule has 1 aromatic rings. The molecule has 90 valence electrons. The summed E-state index contributed by atoms with van der Waals surface area (Å²) in [7, 11) is 0. The van der Waals surface area contributed by atoms with Gasteiger partial charge in [-0.15, -0.1) is 0 Å². The molecule has 1 saturated heterocycles. The van der Waals surface area contributed by atoms with E-state index in [9.17, 15) is 5.11 Å². The Morgan fingerprint density at radius 1 is 1.56 bits per heavy atom. The van der Waals surface area contributed by atoms with Crippen LogP contribution >= 0.6 is 31.9 Å². The van der Waals surface area contributed by atoms with Crippen LogP contribution in [0.4, 0.5) is 0 Å². The number of nitrogens with two attached hydrogens (primary N) is 1. The van der Waals surface area contributed by atoms with Crippen molar-refractivity contribution in [3.8, 4) is 0 Å². The van der Waals surface area contributed by atoms with E-state index in [1.807, 2.05) is 0 Å². The van der Waals surface area contributed by atoms with E-state index in [2.05, 4.69) is 31.9 Å². The zero-order chi connectivity index (χ0) is 11.8. The van der Waals surface area contributed by atoms with Gasteiger partial charge in [-0.1, -0.05) is 0 Å². The number of hydrogen-bond acceptors (Lipinski definition) is 4. The Balaban J connectivity index is 2.26. The van der Waals surface area contributed by atoms with Crippen molar-refractivity contribution in [2.45, 2.75) is 12.5 Å². The molecule has 0 bridgehead atoms. The molecule has 16 heavy (non-hydrogen) atoms. The van der Waals surface area contributed by atoms with Crippen molar-refractivity contribution in [3.05, 3.63) is 21.0 Å². The molecule has 2 rings (SSSR count). The largest absolute Gasteiger partial charge is 0.450 e. The third-order valence-electron chi connectivity index (χ3n) is 3.05. The number of hydrogen-bond donors (Lipinski definition) is 2. The third kappa shape index (κ3) is 2.09. The molecule has 1 aromatic heterocycles. The van der Waals surface area contributed by atoms with E-state index in [0.29, 0.717) is 30.2 Å². The normalized spacial score (nSPS) is 27.2. The highest BCUT2D eigenvalue weighted by molar-refractivity contribution is 9.13. The lowest BCUT2D eigenvalue weighted by atomic mass is 9.80. The summed E-state index contributed by atoms with van der Waals surface area (Å²) in [6.07, 6.45) is 0.0169. The van der Waals surface area contributed by atoms with Gasteiger partial charge in [0, 0.05) is 18.6 Å². The summed E-state index contributed by atoms with van der Waals surface area (Å²) in [5.74, 6) is 0.509. The maximum absolute atomic E-state index is 10.3. The zero-order valence-electron chi connectivity index (χ0n) is 8.58. The van der Waals surface area contributed by atoms with Gasteiger partial charge in [0.1, 0.15) is 11.9 Å². The fourth-order valence-corrected chi connectivity index (χ4v) is 2.52. The van der Waals surface area contributed by atoms with Crippen molar-refractivity contribution in [2.24, 2.45) is 11.1 Å². The summed E-state index contributed by atoms with van der Waals surface area (Å²) in [5, 5.41) is 10.3. The molecule has 0 spiro atoms. The lowest BCUT2D eigenvalue weighted by Gasteiger charge is -2.29. The van der Waals surface area contributed by atoms with Gasteiger partial charge in [0.2, 0.25) is 0 Å². The van der Waals surface area contributed by atoms with Gasteiger partial charge < -0.3 is 20.0 Å². The fourth-order valence-electron chi connectivity index (χ4n) is 1.91. The summed E-state index contributed by atoms with van der Waals surface area (Å²) < 4.78 is 12.1. The standard InChI is InChI=1S/C10H13Br2NO3/c11-6-3-7(16-9(6)12)8(14)10(4-13)1-2-15-5-10/h3,8,14H,1-2,4-5,13H2. The monoisotopic (exact) mass is 353 g/mol. The van der Waals surface area contributed by atoms with Crippen LogP contribution in [0.1, 0.15) is 18.3 Å². The second kappa shape index (κ2) is 4.78. The Labute approximate surface area is 110 Å². The average Bonchev–Trinajstić information content (AvgIpc) is 2.87. The molecule has 2 atom stereocenters. The van der Waals surface area contributed by atoms with Crippen LogP contribution in [0.3, 0.4) is 0 Å². The summed E-state index contributed by atoms with van der Waals surface area (Å²) in [5.41, 5.74) is 5.33. The SMILES string of the molecule is NCC1(C(O)c2cc(Br)c(Br)o2)CCOC1. The smallest absolute Gasteiger partial charge is 0.183 e. The van der Waals surface area contributed by atoms with Crippen LogP contribution in [-0.4, -0.2) is 24.9 Å². The molecule has 0 saturated carbocycles. The van der Waals surface area contributed by atoms with Crippen LogP contribution in [-0.2, 0) is 4.74 Å². The van der Waals surface area contributed by atoms with Crippen LogP contribution in [0.25, 0.3) is 0 Å². The molecule has 0 aliphatic carbocycles. The molecular weight excluding hydrogens is 342 g/mol. The zero-order valence-corrected chi connectivity index (χ0v) is 11.8. The van der Waals surface area contributed by atoms with Gasteiger partial charge in [-0.3, -0.25) is 0 Å². The summed E-state index contributed by atoms with van der Waals surface area (Å²) in [6.45, 7) is 1.49. The van der Waals surface area contributed by atoms with Crippen molar-refractivity contribution < 1.29 is 14.3 Å². The van der Waals surface area contributed by atoms with Gasteiger partial charge >= 0.3 is 0 Å². The van der Waals surface area contributed by atoms with E-state index in [0.717, 1.165) is 10.9 Å². The predicted molar refractivity (Wildman–Crippen MR) is 66.0 cm³/mol. The number of halogens is 2. The second-order valence-corrected chi connectivity index (χ2v) is 5.62. The topological polar surface area (TPSA) is 68.6 Å².